The fraction of sp³-hybridized carbons (Fsp3) is 0.812. The number of hydrogen-bond donors (Lipinski definition) is 1. The van der Waals surface area contributed by atoms with E-state index in [1.54, 1.807) is 0 Å². The van der Waals surface area contributed by atoms with Gasteiger partial charge in [-0.1, -0.05) is 11.6 Å². The Morgan fingerprint density at radius 1 is 1.20 bits per heavy atom. The van der Waals surface area contributed by atoms with Crippen molar-refractivity contribution in [1.82, 2.24) is 15.4 Å². The molecule has 3 aliphatic rings. The Hall–Kier alpha value is -0.870. The molecule has 4 rings (SSSR count). The summed E-state index contributed by atoms with van der Waals surface area (Å²) in [6.45, 7) is 3.05. The van der Waals surface area contributed by atoms with Crippen molar-refractivity contribution < 1.29 is 4.52 Å². The molecule has 2 atom stereocenters. The summed E-state index contributed by atoms with van der Waals surface area (Å²) in [6.07, 6.45) is 9.67. The molecule has 1 saturated heterocycles. The summed E-state index contributed by atoms with van der Waals surface area (Å²) in [5.41, 5.74) is 1.06. The van der Waals surface area contributed by atoms with E-state index in [1.807, 2.05) is 0 Å². The van der Waals surface area contributed by atoms with Gasteiger partial charge in [-0.2, -0.15) is 0 Å². The van der Waals surface area contributed by atoms with Crippen molar-refractivity contribution in [3.8, 4) is 0 Å². The molecule has 0 radical (unpaired) electrons. The van der Waals surface area contributed by atoms with Crippen LogP contribution >= 0.6 is 0 Å². The van der Waals surface area contributed by atoms with Gasteiger partial charge in [0.2, 0.25) is 0 Å². The number of nitrogens with zero attached hydrogens (tertiary/aromatic N) is 2. The van der Waals surface area contributed by atoms with Crippen LogP contribution in [0, 0.1) is 5.92 Å². The van der Waals surface area contributed by atoms with Gasteiger partial charge in [-0.05, 0) is 51.0 Å². The van der Waals surface area contributed by atoms with Gasteiger partial charge >= 0.3 is 0 Å². The van der Waals surface area contributed by atoms with Gasteiger partial charge in [-0.25, -0.2) is 0 Å². The monoisotopic (exact) mass is 275 g/mol. The Morgan fingerprint density at radius 2 is 2.10 bits per heavy atom. The maximum absolute atomic E-state index is 5.54. The third kappa shape index (κ3) is 2.77. The van der Waals surface area contributed by atoms with Crippen LogP contribution < -0.4 is 5.32 Å². The van der Waals surface area contributed by atoms with E-state index in [-0.39, 0.29) is 0 Å². The van der Waals surface area contributed by atoms with Crippen LogP contribution in [0.4, 0.5) is 0 Å². The molecule has 1 N–H and O–H groups in total. The molecule has 1 aliphatic heterocycles. The van der Waals surface area contributed by atoms with Crippen molar-refractivity contribution >= 4 is 0 Å². The van der Waals surface area contributed by atoms with Gasteiger partial charge in [-0.3, -0.25) is 4.90 Å². The zero-order chi connectivity index (χ0) is 13.4. The summed E-state index contributed by atoms with van der Waals surface area (Å²) in [4.78, 5) is 2.64. The molecule has 2 saturated carbocycles. The maximum atomic E-state index is 5.54. The SMILES string of the molecule is c1c(CNC2CC2)noc1CN1CCCC2CCCC21. The highest BCUT2D eigenvalue weighted by atomic mass is 16.5. The number of piperidine rings is 1. The highest BCUT2D eigenvalue weighted by Gasteiger charge is 2.35. The van der Waals surface area contributed by atoms with Gasteiger partial charge in [0.05, 0.1) is 12.2 Å². The summed E-state index contributed by atoms with van der Waals surface area (Å²) in [5, 5.41) is 7.69. The number of rotatable bonds is 5. The summed E-state index contributed by atoms with van der Waals surface area (Å²) in [5.74, 6) is 1.99. The van der Waals surface area contributed by atoms with Gasteiger partial charge in [-0.15, -0.1) is 0 Å². The van der Waals surface area contributed by atoms with Crippen LogP contribution in [0.3, 0.4) is 0 Å². The second kappa shape index (κ2) is 5.49. The first kappa shape index (κ1) is 12.8. The van der Waals surface area contributed by atoms with Crippen LogP contribution in [0.1, 0.15) is 56.4 Å². The Labute approximate surface area is 120 Å². The molecule has 3 fully saturated rings. The third-order valence-electron chi connectivity index (χ3n) is 5.22. The zero-order valence-electron chi connectivity index (χ0n) is 12.2. The average Bonchev–Trinajstić information content (AvgIpc) is 2.98. The van der Waals surface area contributed by atoms with E-state index in [1.165, 1.54) is 51.5 Å². The van der Waals surface area contributed by atoms with Crippen LogP contribution in [-0.4, -0.2) is 28.7 Å². The molecular formula is C16H25N3O. The van der Waals surface area contributed by atoms with E-state index in [0.29, 0.717) is 0 Å². The van der Waals surface area contributed by atoms with Gasteiger partial charge in [0.15, 0.2) is 5.76 Å². The summed E-state index contributed by atoms with van der Waals surface area (Å²) in [6, 6.07) is 3.69. The van der Waals surface area contributed by atoms with Gasteiger partial charge < -0.3 is 9.84 Å². The van der Waals surface area contributed by atoms with E-state index < -0.39 is 0 Å². The van der Waals surface area contributed by atoms with Crippen molar-refractivity contribution in [3.05, 3.63) is 17.5 Å². The first-order valence-corrected chi connectivity index (χ1v) is 8.30. The molecule has 1 aromatic heterocycles. The smallest absolute Gasteiger partial charge is 0.151 e. The Bertz CT molecular complexity index is 454. The lowest BCUT2D eigenvalue weighted by Crippen LogP contribution is -2.41. The predicted molar refractivity (Wildman–Crippen MR) is 77.1 cm³/mol. The van der Waals surface area contributed by atoms with Crippen molar-refractivity contribution in [3.63, 3.8) is 0 Å². The zero-order valence-corrected chi connectivity index (χ0v) is 12.2. The molecule has 4 nitrogen and oxygen atoms in total. The molecule has 20 heavy (non-hydrogen) atoms. The number of aromatic nitrogens is 1. The number of fused-ring (bicyclic) bond motifs is 1. The summed E-state index contributed by atoms with van der Waals surface area (Å²) >= 11 is 0. The number of hydrogen-bond acceptors (Lipinski definition) is 4. The second-order valence-electron chi connectivity index (χ2n) is 6.81. The molecule has 0 bridgehead atoms. The molecule has 0 amide bonds. The van der Waals surface area contributed by atoms with Crippen LogP contribution in [0.2, 0.25) is 0 Å². The van der Waals surface area contributed by atoms with Crippen LogP contribution in [0.5, 0.6) is 0 Å². The Morgan fingerprint density at radius 3 is 3.00 bits per heavy atom. The highest BCUT2D eigenvalue weighted by molar-refractivity contribution is 5.06. The predicted octanol–water partition coefficient (Wildman–Crippen LogP) is 2.69. The first-order chi connectivity index (χ1) is 9.88. The largest absolute Gasteiger partial charge is 0.360 e. The summed E-state index contributed by atoms with van der Waals surface area (Å²) in [7, 11) is 0. The van der Waals surface area contributed by atoms with E-state index >= 15 is 0 Å². The lowest BCUT2D eigenvalue weighted by molar-refractivity contribution is 0.0952. The van der Waals surface area contributed by atoms with Gasteiger partial charge in [0.1, 0.15) is 0 Å². The molecular weight excluding hydrogens is 250 g/mol. The minimum atomic E-state index is 0.733. The molecule has 2 unspecified atom stereocenters. The second-order valence-corrected chi connectivity index (χ2v) is 6.81. The fourth-order valence-corrected chi connectivity index (χ4v) is 4.00. The van der Waals surface area contributed by atoms with Crippen LogP contribution in [-0.2, 0) is 13.1 Å². The lowest BCUT2D eigenvalue weighted by Gasteiger charge is -2.37. The standard InChI is InChI=1S/C16H25N3O/c1-3-12-4-2-8-19(16(12)5-1)11-15-9-14(18-20-15)10-17-13-6-7-13/h9,12-13,16-17H,1-8,10-11H2. The van der Waals surface area contributed by atoms with Crippen molar-refractivity contribution in [2.24, 2.45) is 5.92 Å². The summed E-state index contributed by atoms with van der Waals surface area (Å²) < 4.78 is 5.54. The maximum Gasteiger partial charge on any atom is 0.151 e. The molecule has 4 heteroatoms. The van der Waals surface area contributed by atoms with E-state index in [2.05, 4.69) is 21.4 Å². The Kier molecular flexibility index (Phi) is 3.52. The van der Waals surface area contributed by atoms with Gasteiger partial charge in [0, 0.05) is 24.7 Å². The lowest BCUT2D eigenvalue weighted by atomic mass is 9.92. The molecule has 2 heterocycles. The molecule has 0 spiro atoms. The van der Waals surface area contributed by atoms with Crippen LogP contribution in [0.15, 0.2) is 10.6 Å². The number of likely N-dealkylation sites (tertiary alicyclic amines) is 1. The quantitative estimate of drug-likeness (QED) is 0.897. The topological polar surface area (TPSA) is 41.3 Å². The van der Waals surface area contributed by atoms with E-state index in [0.717, 1.165) is 42.5 Å². The normalized spacial score (nSPS) is 30.6. The number of nitrogens with one attached hydrogen (secondary N) is 1. The Balaban J connectivity index is 1.35. The average molecular weight is 275 g/mol. The molecule has 0 aromatic carbocycles. The van der Waals surface area contributed by atoms with Crippen LogP contribution in [0.25, 0.3) is 0 Å². The highest BCUT2D eigenvalue weighted by Crippen LogP contribution is 2.37. The molecule has 2 aliphatic carbocycles. The van der Waals surface area contributed by atoms with Crippen molar-refractivity contribution in [2.45, 2.75) is 70.1 Å². The minimum absolute atomic E-state index is 0.733. The molecule has 1 aromatic rings. The van der Waals surface area contributed by atoms with Crippen molar-refractivity contribution in [1.29, 1.82) is 0 Å². The van der Waals surface area contributed by atoms with E-state index in [4.69, 9.17) is 4.52 Å². The van der Waals surface area contributed by atoms with Gasteiger partial charge in [0.25, 0.3) is 0 Å². The third-order valence-corrected chi connectivity index (χ3v) is 5.22. The van der Waals surface area contributed by atoms with Crippen molar-refractivity contribution in [2.75, 3.05) is 6.54 Å². The first-order valence-electron chi connectivity index (χ1n) is 8.30. The molecule has 110 valence electrons. The fourth-order valence-electron chi connectivity index (χ4n) is 4.00. The minimum Gasteiger partial charge on any atom is -0.360 e. The van der Waals surface area contributed by atoms with E-state index in [9.17, 15) is 0 Å².